The monoisotopic (exact) mass is 573 g/mol. The van der Waals surface area contributed by atoms with E-state index in [0.29, 0.717) is 22.9 Å². The zero-order valence-corrected chi connectivity index (χ0v) is 22.4. The van der Waals surface area contributed by atoms with Crippen LogP contribution in [0.2, 0.25) is 10.0 Å². The minimum atomic E-state index is -4.01. The molecule has 3 N–H and O–H groups in total. The van der Waals surface area contributed by atoms with E-state index in [-0.39, 0.29) is 26.2 Å². The fraction of sp³-hybridized carbons (Fsp3) is 0.120. The first-order valence-electron chi connectivity index (χ1n) is 11.1. The Morgan fingerprint density at radius 1 is 1.00 bits per heavy atom. The van der Waals surface area contributed by atoms with Crippen molar-refractivity contribution in [2.75, 3.05) is 16.6 Å². The number of anilines is 2. The summed E-state index contributed by atoms with van der Waals surface area (Å²) in [6.45, 7) is 3.06. The highest BCUT2D eigenvalue weighted by Crippen LogP contribution is 2.27. The molecule has 3 aromatic carbocycles. The van der Waals surface area contributed by atoms with Gasteiger partial charge in [0.05, 0.1) is 26.2 Å². The van der Waals surface area contributed by atoms with Gasteiger partial charge < -0.3 is 10.1 Å². The second-order valence-electron chi connectivity index (χ2n) is 8.18. The maximum Gasteiger partial charge on any atom is 0.338 e. The van der Waals surface area contributed by atoms with Gasteiger partial charge in [0.25, 0.3) is 15.9 Å². The van der Waals surface area contributed by atoms with Crippen LogP contribution in [0, 0.1) is 13.8 Å². The summed E-state index contributed by atoms with van der Waals surface area (Å²) >= 11 is 11.8. The third kappa shape index (κ3) is 6.49. The van der Waals surface area contributed by atoms with E-state index >= 15 is 0 Å². The zero-order chi connectivity index (χ0) is 27.4. The van der Waals surface area contributed by atoms with Crippen LogP contribution in [0.4, 0.5) is 11.4 Å². The van der Waals surface area contributed by atoms with Crippen molar-refractivity contribution < 1.29 is 22.7 Å². The molecule has 1 heterocycles. The Labute approximate surface area is 228 Å². The van der Waals surface area contributed by atoms with Gasteiger partial charge in [0, 0.05) is 11.3 Å². The fourth-order valence-electron chi connectivity index (χ4n) is 3.39. The minimum absolute atomic E-state index is 0.0413. The van der Waals surface area contributed by atoms with Gasteiger partial charge in [-0.05, 0) is 67.9 Å². The van der Waals surface area contributed by atoms with E-state index < -0.39 is 28.5 Å². The molecule has 196 valence electrons. The number of hydrogen-bond donors (Lipinski definition) is 3. The highest BCUT2D eigenvalue weighted by atomic mass is 35.5. The lowest BCUT2D eigenvalue weighted by atomic mass is 10.1. The van der Waals surface area contributed by atoms with E-state index in [0.717, 1.165) is 5.56 Å². The van der Waals surface area contributed by atoms with Gasteiger partial charge in [0.1, 0.15) is 5.82 Å². The first-order chi connectivity index (χ1) is 18.0. The van der Waals surface area contributed by atoms with Crippen molar-refractivity contribution in [3.63, 3.8) is 0 Å². The van der Waals surface area contributed by atoms with Gasteiger partial charge in [0.2, 0.25) is 0 Å². The number of esters is 1. The van der Waals surface area contributed by atoms with Crippen LogP contribution in [0.1, 0.15) is 21.7 Å². The number of ether oxygens (including phenoxy) is 1. The van der Waals surface area contributed by atoms with Gasteiger partial charge in [-0.15, -0.1) is 0 Å². The molecule has 0 aliphatic heterocycles. The Kier molecular flexibility index (Phi) is 8.00. The van der Waals surface area contributed by atoms with Crippen molar-refractivity contribution >= 4 is 56.5 Å². The molecule has 13 heteroatoms. The van der Waals surface area contributed by atoms with Gasteiger partial charge >= 0.3 is 5.97 Å². The molecule has 0 unspecified atom stereocenters. The van der Waals surface area contributed by atoms with Crippen molar-refractivity contribution in [1.29, 1.82) is 0 Å². The average molecular weight is 574 g/mol. The van der Waals surface area contributed by atoms with E-state index in [1.54, 1.807) is 19.1 Å². The molecule has 10 nitrogen and oxygen atoms in total. The number of halogens is 2. The van der Waals surface area contributed by atoms with Crippen LogP contribution in [-0.2, 0) is 19.6 Å². The molecule has 0 bridgehead atoms. The topological polar surface area (TPSA) is 143 Å². The molecule has 0 aliphatic carbocycles. The van der Waals surface area contributed by atoms with Gasteiger partial charge in [-0.25, -0.2) is 18.2 Å². The first-order valence-corrected chi connectivity index (χ1v) is 13.3. The molecule has 4 rings (SSSR count). The lowest BCUT2D eigenvalue weighted by Crippen LogP contribution is -2.21. The zero-order valence-electron chi connectivity index (χ0n) is 20.1. The van der Waals surface area contributed by atoms with Crippen molar-refractivity contribution in [3.05, 3.63) is 87.7 Å². The van der Waals surface area contributed by atoms with Crippen LogP contribution in [0.3, 0.4) is 0 Å². The summed E-state index contributed by atoms with van der Waals surface area (Å²) in [6, 6.07) is 14.9. The van der Waals surface area contributed by atoms with E-state index in [2.05, 4.69) is 25.2 Å². The molecular weight excluding hydrogens is 553 g/mol. The van der Waals surface area contributed by atoms with Gasteiger partial charge in [-0.1, -0.05) is 35.3 Å². The number of aromatic nitrogens is 3. The van der Waals surface area contributed by atoms with Gasteiger partial charge in [-0.3, -0.25) is 14.6 Å². The summed E-state index contributed by atoms with van der Waals surface area (Å²) < 4.78 is 32.9. The summed E-state index contributed by atoms with van der Waals surface area (Å²) in [5, 5.41) is 9.89. The normalized spacial score (nSPS) is 11.2. The molecule has 4 aromatic rings. The Balaban J connectivity index is 1.41. The largest absolute Gasteiger partial charge is 0.452 e. The molecule has 0 aliphatic rings. The summed E-state index contributed by atoms with van der Waals surface area (Å²) in [7, 11) is -4.01. The number of benzene rings is 3. The SMILES string of the molecule is Cc1ccc(-c2n[nH]c(C)n2)c(NC(=O)COC(=O)c2cccc(NS(=O)(=O)c3ccc(Cl)c(Cl)c3)c2)c1. The van der Waals surface area contributed by atoms with Crippen LogP contribution in [0.5, 0.6) is 0 Å². The quantitative estimate of drug-likeness (QED) is 0.252. The highest BCUT2D eigenvalue weighted by Gasteiger charge is 2.18. The molecular formula is C25H21Cl2N5O5S. The lowest BCUT2D eigenvalue weighted by molar-refractivity contribution is -0.119. The number of H-pyrrole nitrogens is 1. The molecule has 0 spiro atoms. The summed E-state index contributed by atoms with van der Waals surface area (Å²) in [5.74, 6) is -0.359. The maximum absolute atomic E-state index is 12.7. The maximum atomic E-state index is 12.7. The van der Waals surface area contributed by atoms with E-state index in [4.69, 9.17) is 27.9 Å². The number of aromatic amines is 1. The number of sulfonamides is 1. The van der Waals surface area contributed by atoms with Crippen LogP contribution in [0.25, 0.3) is 11.4 Å². The highest BCUT2D eigenvalue weighted by molar-refractivity contribution is 7.92. The van der Waals surface area contributed by atoms with Crippen molar-refractivity contribution in [2.24, 2.45) is 0 Å². The number of hydrogen-bond acceptors (Lipinski definition) is 7. The van der Waals surface area contributed by atoms with E-state index in [1.165, 1.54) is 42.5 Å². The third-order valence-electron chi connectivity index (χ3n) is 5.17. The van der Waals surface area contributed by atoms with Crippen LogP contribution in [0.15, 0.2) is 65.6 Å². The van der Waals surface area contributed by atoms with Gasteiger partial charge in [-0.2, -0.15) is 5.10 Å². The number of carbonyl (C=O) groups is 2. The predicted octanol–water partition coefficient (Wildman–Crippen LogP) is 4.99. The Morgan fingerprint density at radius 3 is 2.50 bits per heavy atom. The molecule has 0 radical (unpaired) electrons. The van der Waals surface area contributed by atoms with E-state index in [1.807, 2.05) is 13.0 Å². The molecule has 0 saturated heterocycles. The third-order valence-corrected chi connectivity index (χ3v) is 7.29. The van der Waals surface area contributed by atoms with Crippen molar-refractivity contribution in [2.45, 2.75) is 18.7 Å². The lowest BCUT2D eigenvalue weighted by Gasteiger charge is -2.12. The van der Waals surface area contributed by atoms with E-state index in [9.17, 15) is 18.0 Å². The smallest absolute Gasteiger partial charge is 0.338 e. The standard InChI is InChI=1S/C25H21Cl2N5O5S/c1-14-6-8-19(24-28-15(2)30-31-24)22(10-14)29-23(33)13-37-25(34)16-4-3-5-17(11-16)32-38(35,36)18-7-9-20(26)21(27)12-18/h3-12,32H,13H2,1-2H3,(H,29,33)(H,28,30,31). The molecule has 0 fully saturated rings. The number of nitrogens with one attached hydrogen (secondary N) is 3. The minimum Gasteiger partial charge on any atom is -0.452 e. The molecule has 0 atom stereocenters. The molecule has 0 saturated carbocycles. The summed E-state index contributed by atoms with van der Waals surface area (Å²) in [6.07, 6.45) is 0. The second kappa shape index (κ2) is 11.2. The molecule has 1 aromatic heterocycles. The van der Waals surface area contributed by atoms with Crippen LogP contribution < -0.4 is 10.0 Å². The predicted molar refractivity (Wildman–Crippen MR) is 144 cm³/mol. The van der Waals surface area contributed by atoms with Gasteiger partial charge in [0.15, 0.2) is 12.4 Å². The Hall–Kier alpha value is -3.93. The number of carbonyl (C=O) groups excluding carboxylic acids is 2. The van der Waals surface area contributed by atoms with Crippen LogP contribution in [-0.4, -0.2) is 42.1 Å². The molecule has 38 heavy (non-hydrogen) atoms. The van der Waals surface area contributed by atoms with Crippen LogP contribution >= 0.6 is 23.2 Å². The second-order valence-corrected chi connectivity index (χ2v) is 10.7. The Morgan fingerprint density at radius 2 is 1.79 bits per heavy atom. The fourth-order valence-corrected chi connectivity index (χ4v) is 4.83. The number of rotatable bonds is 8. The van der Waals surface area contributed by atoms with Crippen molar-refractivity contribution in [3.8, 4) is 11.4 Å². The summed E-state index contributed by atoms with van der Waals surface area (Å²) in [5.41, 5.74) is 2.11. The molecule has 1 amide bonds. The Bertz CT molecular complexity index is 1640. The van der Waals surface area contributed by atoms with Crippen molar-refractivity contribution in [1.82, 2.24) is 15.2 Å². The number of aryl methyl sites for hydroxylation is 2. The number of amides is 1. The first kappa shape index (κ1) is 27.1. The summed E-state index contributed by atoms with van der Waals surface area (Å²) in [4.78, 5) is 29.3. The average Bonchev–Trinajstić information content (AvgIpc) is 3.30. The number of nitrogens with zero attached hydrogens (tertiary/aromatic N) is 2.